The molecule has 0 aromatic heterocycles. The number of hydrogen-bond acceptors (Lipinski definition) is 8. The average Bonchev–Trinajstić information content (AvgIpc) is 3.72. The summed E-state index contributed by atoms with van der Waals surface area (Å²) in [5, 5.41) is 13.2. The van der Waals surface area contributed by atoms with Gasteiger partial charge in [0.05, 0.1) is 11.0 Å². The smallest absolute Gasteiger partial charge is 0.339 e. The van der Waals surface area contributed by atoms with Crippen LogP contribution in [0.25, 0.3) is 0 Å². The van der Waals surface area contributed by atoms with Crippen molar-refractivity contribution >= 4 is 11.9 Å². The summed E-state index contributed by atoms with van der Waals surface area (Å²) >= 11 is 0. The molecule has 1 aromatic carbocycles. The van der Waals surface area contributed by atoms with E-state index in [1.54, 1.807) is 11.3 Å². The number of aliphatic hydroxyl groups is 1. The summed E-state index contributed by atoms with van der Waals surface area (Å²) in [4.78, 5) is 36.5. The van der Waals surface area contributed by atoms with E-state index >= 15 is 4.79 Å². The number of allylic oxidation sites excluding steroid dienone is 4. The van der Waals surface area contributed by atoms with Gasteiger partial charge in [0.2, 0.25) is 0 Å². The number of carbonyl (C=O) groups is 2. The van der Waals surface area contributed by atoms with Crippen LogP contribution < -0.4 is 5.73 Å². The van der Waals surface area contributed by atoms with Gasteiger partial charge in [-0.3, -0.25) is 9.69 Å². The molecule has 6 aliphatic carbocycles. The largest absolute Gasteiger partial charge is 0.509 e. The van der Waals surface area contributed by atoms with E-state index in [1.165, 1.54) is 74.5 Å². The molecule has 3 saturated heterocycles. The third-order valence-corrected chi connectivity index (χ3v) is 19.9. The molecule has 3 N–H and O–H groups in total. The van der Waals surface area contributed by atoms with Gasteiger partial charge in [-0.2, -0.15) is 0 Å². The predicted molar refractivity (Wildman–Crippen MR) is 233 cm³/mol. The van der Waals surface area contributed by atoms with Gasteiger partial charge in [-0.15, -0.1) is 0 Å². The highest BCUT2D eigenvalue weighted by Gasteiger charge is 2.93. The van der Waals surface area contributed by atoms with Crippen LogP contribution in [0.4, 0.5) is 0 Å². The molecule has 9 heterocycles. The first-order valence-electron chi connectivity index (χ1n) is 25.1. The first-order valence-corrected chi connectivity index (χ1v) is 25.1. The number of nitrogens with zero attached hydrogens (tertiary/aromatic N) is 2. The van der Waals surface area contributed by atoms with Gasteiger partial charge >= 0.3 is 11.9 Å². The van der Waals surface area contributed by atoms with Crippen LogP contribution in [0.1, 0.15) is 144 Å². The Morgan fingerprint density at radius 3 is 2.69 bits per heavy atom. The lowest BCUT2D eigenvalue weighted by atomic mass is 9.28. The monoisotopic (exact) mass is 826 g/mol. The summed E-state index contributed by atoms with van der Waals surface area (Å²) in [7, 11) is 0. The molecular weight excluding hydrogens is 759 g/mol. The lowest BCUT2D eigenvalue weighted by Gasteiger charge is -2.72. The first kappa shape index (κ1) is 38.1. The highest BCUT2D eigenvalue weighted by molar-refractivity contribution is 6.00. The van der Waals surface area contributed by atoms with Gasteiger partial charge in [0.25, 0.3) is 0 Å². The number of fused-ring (bicyclic) bond motifs is 3. The Morgan fingerprint density at radius 1 is 0.967 bits per heavy atom. The van der Waals surface area contributed by atoms with Gasteiger partial charge in [0, 0.05) is 61.2 Å². The molecule has 324 valence electrons. The number of benzene rings is 1. The Hall–Kier alpha value is -3.36. The molecule has 15 aliphatic rings. The Labute approximate surface area is 362 Å². The molecule has 3 spiro atoms. The number of carbonyl (C=O) groups excluding carboxylic acids is 2. The van der Waals surface area contributed by atoms with Crippen LogP contribution in [0.15, 0.2) is 63.8 Å². The van der Waals surface area contributed by atoms with Gasteiger partial charge in [-0.25, -0.2) is 4.79 Å². The zero-order valence-corrected chi connectivity index (χ0v) is 36.7. The number of aliphatic hydroxyl groups excluding tert-OH is 1. The maximum atomic E-state index is 15.9. The number of piperidine rings is 2. The fraction of sp³-hybridized carbons (Fsp3) is 0.698. The number of nitrogens with two attached hydrogens (primary N) is 1. The van der Waals surface area contributed by atoms with Crippen LogP contribution >= 0.6 is 0 Å². The molecule has 8 nitrogen and oxygen atoms in total. The van der Waals surface area contributed by atoms with E-state index in [1.807, 2.05) is 0 Å². The second-order valence-electron chi connectivity index (χ2n) is 22.7. The fourth-order valence-corrected chi connectivity index (χ4v) is 17.8. The summed E-state index contributed by atoms with van der Waals surface area (Å²) in [5.74, 6) is 3.30. The van der Waals surface area contributed by atoms with Gasteiger partial charge in [0.1, 0.15) is 11.2 Å². The standard InChI is InChI=1S/C53H67N3O5/c1-29-13-14-34-24-39-30(2)21-35-15-16-41-36-22-32-26-55(28-36)37(23-31-8-4-3-5-9-31)25-42(57)48-51-18-17-38(45(39)47(35)56(41)27-32)46(34)52(51,50(59)60-48)43(20-29)53(51)40-12-6-10-33(11-7-19-54)44(40)49(58)61-53/h6,10,12,24,29-32,36-37,39,41,43,45,57H,3-5,7-9,11,13-23,25-28,54H2,1-2H3. The molecule has 13 unspecified atom stereocenters. The fourth-order valence-electron chi connectivity index (χ4n) is 17.8. The number of esters is 2. The van der Waals surface area contributed by atoms with Crippen molar-refractivity contribution < 1.29 is 24.2 Å². The summed E-state index contributed by atoms with van der Waals surface area (Å²) in [6.07, 6.45) is 21.3. The number of rotatable bonds is 5. The topological polar surface area (TPSA) is 105 Å². The number of ether oxygens (including phenoxy) is 2. The zero-order valence-electron chi connectivity index (χ0n) is 36.7. The van der Waals surface area contributed by atoms with E-state index in [0.717, 1.165) is 69.3 Å². The maximum absolute atomic E-state index is 15.9. The van der Waals surface area contributed by atoms with E-state index in [2.05, 4.69) is 47.9 Å². The predicted octanol–water partition coefficient (Wildman–Crippen LogP) is 9.41. The normalized spacial score (nSPS) is 44.1. The summed E-state index contributed by atoms with van der Waals surface area (Å²) in [6.45, 7) is 8.68. The van der Waals surface area contributed by atoms with Crippen molar-refractivity contribution in [2.75, 3.05) is 26.2 Å². The minimum absolute atomic E-state index is 0.168. The molecule has 0 amide bonds. The van der Waals surface area contributed by atoms with E-state index in [0.29, 0.717) is 78.7 Å². The van der Waals surface area contributed by atoms with Crippen LogP contribution in [-0.2, 0) is 26.3 Å². The molecule has 61 heavy (non-hydrogen) atoms. The van der Waals surface area contributed by atoms with Crippen molar-refractivity contribution in [1.29, 1.82) is 0 Å². The molecule has 8 heteroatoms. The van der Waals surface area contributed by atoms with Gasteiger partial charge in [0.15, 0.2) is 11.4 Å². The number of aryl methyl sites for hydroxylation is 1. The maximum Gasteiger partial charge on any atom is 0.339 e. The van der Waals surface area contributed by atoms with Crippen molar-refractivity contribution in [2.45, 2.75) is 147 Å². The van der Waals surface area contributed by atoms with Crippen LogP contribution in [0.3, 0.4) is 0 Å². The molecular formula is C53H67N3O5. The Morgan fingerprint density at radius 2 is 1.84 bits per heavy atom. The molecule has 13 atom stereocenters. The highest BCUT2D eigenvalue weighted by Crippen LogP contribution is 2.88. The number of hydrogen-bond donors (Lipinski definition) is 2. The minimum atomic E-state index is -1.12. The second kappa shape index (κ2) is 13.3. The van der Waals surface area contributed by atoms with Crippen molar-refractivity contribution in [3.8, 4) is 0 Å². The molecule has 9 aliphatic heterocycles. The zero-order chi connectivity index (χ0) is 41.2. The minimum Gasteiger partial charge on any atom is -0.509 e. The van der Waals surface area contributed by atoms with Crippen molar-refractivity contribution in [1.82, 2.24) is 9.80 Å². The molecule has 0 radical (unpaired) electrons. The lowest BCUT2D eigenvalue weighted by molar-refractivity contribution is -0.279. The van der Waals surface area contributed by atoms with Crippen molar-refractivity contribution in [3.63, 3.8) is 0 Å². The van der Waals surface area contributed by atoms with E-state index in [4.69, 9.17) is 15.2 Å². The Bertz CT molecular complexity index is 2250. The Kier molecular flexibility index (Phi) is 8.34. The van der Waals surface area contributed by atoms with Crippen LogP contribution in [0, 0.1) is 58.2 Å². The van der Waals surface area contributed by atoms with E-state index in [-0.39, 0.29) is 35.6 Å². The summed E-state index contributed by atoms with van der Waals surface area (Å²) in [5.41, 5.74) is 12.9. The highest BCUT2D eigenvalue weighted by atomic mass is 16.6. The molecule has 16 rings (SSSR count). The van der Waals surface area contributed by atoms with Crippen molar-refractivity contribution in [3.05, 3.63) is 80.5 Å². The first-order chi connectivity index (χ1) is 29.7. The van der Waals surface area contributed by atoms with Crippen molar-refractivity contribution in [2.24, 2.45) is 63.9 Å². The molecule has 3 saturated carbocycles. The van der Waals surface area contributed by atoms with Crippen LogP contribution in [0.2, 0.25) is 0 Å². The van der Waals surface area contributed by atoms with E-state index in [9.17, 15) is 9.90 Å². The van der Waals surface area contributed by atoms with Gasteiger partial charge in [-0.1, -0.05) is 81.4 Å². The molecule has 12 bridgehead atoms. The molecule has 1 aromatic rings. The summed E-state index contributed by atoms with van der Waals surface area (Å²) in [6, 6.07) is 7.03. The van der Waals surface area contributed by atoms with Gasteiger partial charge in [-0.05, 0) is 136 Å². The third kappa shape index (κ3) is 4.70. The second-order valence-corrected chi connectivity index (χ2v) is 22.7. The Balaban J connectivity index is 1.09. The quantitative estimate of drug-likeness (QED) is 0.283. The summed E-state index contributed by atoms with van der Waals surface area (Å²) < 4.78 is 14.1. The van der Waals surface area contributed by atoms with E-state index < -0.39 is 16.4 Å². The SMILES string of the molecule is CC1CCC2=CC3C(C)CC4=C5C3C3=C2C26C(=O)OC(=C(O)CC(CC7CCCCC7)N7CC8CC(C7)C(CC4)N5C8)C2(CC3)C2(OC(=O)c3c(CCCN)cccc32)C6C1. The van der Waals surface area contributed by atoms with Crippen LogP contribution in [0.5, 0.6) is 0 Å². The lowest BCUT2D eigenvalue weighted by Crippen LogP contribution is -2.77. The average molecular weight is 826 g/mol. The molecule has 6 fully saturated rings. The third-order valence-electron chi connectivity index (χ3n) is 19.9. The van der Waals surface area contributed by atoms with Gasteiger partial charge < -0.3 is 25.2 Å². The van der Waals surface area contributed by atoms with Crippen LogP contribution in [-0.4, -0.2) is 65.1 Å².